The Labute approximate surface area is 375 Å². The number of aliphatic hydroxyl groups is 3. The quantitative estimate of drug-likeness (QED) is 0.198. The van der Waals surface area contributed by atoms with Gasteiger partial charge in [0.15, 0.2) is 18.9 Å². The number of cyclic esters (lactones) is 1. The molecular weight excluding hydrogens is 817 g/mol. The Morgan fingerprint density at radius 2 is 1.59 bits per heavy atom. The number of ether oxygens (including phenoxy) is 8. The molecule has 16 heteroatoms. The van der Waals surface area contributed by atoms with E-state index in [4.69, 9.17) is 37.9 Å². The van der Waals surface area contributed by atoms with Crippen LogP contribution in [0.1, 0.15) is 108 Å². The van der Waals surface area contributed by atoms with Gasteiger partial charge >= 0.3 is 11.9 Å². The fourth-order valence-electron chi connectivity index (χ4n) is 9.88. The molecule has 0 spiro atoms. The van der Waals surface area contributed by atoms with Crippen molar-refractivity contribution in [1.29, 1.82) is 0 Å². The number of hydrogen-bond acceptors (Lipinski definition) is 16. The van der Waals surface area contributed by atoms with Gasteiger partial charge in [0.2, 0.25) is 0 Å². The van der Waals surface area contributed by atoms with Gasteiger partial charge in [0.05, 0.1) is 48.6 Å². The van der Waals surface area contributed by atoms with Crippen LogP contribution in [0.25, 0.3) is 0 Å². The van der Waals surface area contributed by atoms with E-state index >= 15 is 0 Å². The SMILES string of the molecule is CC[C@H]1OC(=O)C[C@@H](OC(C)=O)[C@@H](C)[C@H](O[C@@H]2O[C@H](C)[C@@H](O[C@H]3C[C@@](C)(O)[C@@H](O)[C@H](C)O3)[C@H](N(C)C)[C@H]2O)[C@@H](C=O)C[C@@H](C)C(O[C@H]2CC[C@H](N(C)C)[C@@H](C)O2)/C=C/C(C)=C\[C@@H]1C. The van der Waals surface area contributed by atoms with Crippen molar-refractivity contribution in [3.8, 4) is 0 Å². The normalized spacial score (nSPS) is 45.2. The number of hydrogen-bond donors (Lipinski definition) is 3. The van der Waals surface area contributed by atoms with Crippen LogP contribution in [0.2, 0.25) is 0 Å². The van der Waals surface area contributed by atoms with Gasteiger partial charge in [-0.15, -0.1) is 0 Å². The van der Waals surface area contributed by atoms with Crippen molar-refractivity contribution in [3.63, 3.8) is 0 Å². The number of nitrogens with zero attached hydrogens (tertiary/aromatic N) is 2. The second-order valence-electron chi connectivity index (χ2n) is 19.4. The predicted octanol–water partition coefficient (Wildman–Crippen LogP) is 4.15. The summed E-state index contributed by atoms with van der Waals surface area (Å²) < 4.78 is 50.6. The van der Waals surface area contributed by atoms with E-state index in [2.05, 4.69) is 11.0 Å². The molecule has 0 aromatic carbocycles. The third kappa shape index (κ3) is 14.1. The van der Waals surface area contributed by atoms with Crippen molar-refractivity contribution in [3.05, 3.63) is 23.8 Å². The number of aldehydes is 1. The summed E-state index contributed by atoms with van der Waals surface area (Å²) in [5.74, 6) is -3.28. The van der Waals surface area contributed by atoms with Crippen molar-refractivity contribution in [1.82, 2.24) is 9.80 Å². The number of carbonyl (C=O) groups is 3. The van der Waals surface area contributed by atoms with Crippen molar-refractivity contribution < 1.29 is 67.6 Å². The van der Waals surface area contributed by atoms with Gasteiger partial charge in [-0.3, -0.25) is 9.59 Å². The molecule has 3 N–H and O–H groups in total. The molecule has 0 aliphatic carbocycles. The van der Waals surface area contributed by atoms with Gasteiger partial charge in [-0.1, -0.05) is 51.5 Å². The average Bonchev–Trinajstić information content (AvgIpc) is 3.18. The molecule has 1 unspecified atom stereocenters. The number of aliphatic hydroxyl groups excluding tert-OH is 2. The van der Waals surface area contributed by atoms with Gasteiger partial charge < -0.3 is 67.8 Å². The highest BCUT2D eigenvalue weighted by atomic mass is 16.7. The molecule has 0 radical (unpaired) electrons. The third-order valence-corrected chi connectivity index (χ3v) is 13.5. The fraction of sp³-hybridized carbons (Fsp3) is 0.851. The first-order chi connectivity index (χ1) is 29.5. The molecule has 4 rings (SSSR count). The van der Waals surface area contributed by atoms with Crippen LogP contribution in [0.5, 0.6) is 0 Å². The lowest BCUT2D eigenvalue weighted by molar-refractivity contribution is -0.341. The van der Waals surface area contributed by atoms with Crippen LogP contribution in [0.15, 0.2) is 23.8 Å². The molecule has 4 heterocycles. The van der Waals surface area contributed by atoms with Gasteiger partial charge in [-0.2, -0.15) is 0 Å². The summed E-state index contributed by atoms with van der Waals surface area (Å²) in [6.45, 7) is 17.9. The van der Waals surface area contributed by atoms with E-state index in [0.29, 0.717) is 12.8 Å². The Balaban J connectivity index is 1.73. The summed E-state index contributed by atoms with van der Waals surface area (Å²) >= 11 is 0. The molecule has 0 aromatic rings. The van der Waals surface area contributed by atoms with Crippen LogP contribution >= 0.6 is 0 Å². The first kappa shape index (κ1) is 53.3. The zero-order chi connectivity index (χ0) is 47.1. The molecule has 0 saturated carbocycles. The van der Waals surface area contributed by atoms with E-state index in [1.54, 1.807) is 39.8 Å². The Kier molecular flexibility index (Phi) is 19.8. The smallest absolute Gasteiger partial charge is 0.309 e. The number of likely N-dealkylation sites (N-methyl/N-ethyl adjacent to an activating group) is 2. The maximum Gasteiger partial charge on any atom is 0.309 e. The number of carbonyl (C=O) groups excluding carboxylic acids is 3. The topological polar surface area (TPSA) is 192 Å². The molecule has 4 aliphatic rings. The van der Waals surface area contributed by atoms with Crippen LogP contribution in [-0.4, -0.2) is 169 Å². The molecule has 20 atom stereocenters. The second-order valence-corrected chi connectivity index (χ2v) is 19.4. The highest BCUT2D eigenvalue weighted by Gasteiger charge is 2.51. The molecular formula is C47H80N2O14. The summed E-state index contributed by atoms with van der Waals surface area (Å²) in [7, 11) is 7.65. The Morgan fingerprint density at radius 3 is 2.16 bits per heavy atom. The van der Waals surface area contributed by atoms with Gasteiger partial charge in [-0.25, -0.2) is 0 Å². The molecule has 0 aromatic heterocycles. The minimum absolute atomic E-state index is 0.0210. The minimum atomic E-state index is -1.48. The van der Waals surface area contributed by atoms with Crippen LogP contribution in [0.3, 0.4) is 0 Å². The third-order valence-electron chi connectivity index (χ3n) is 13.5. The lowest BCUT2D eigenvalue weighted by Crippen LogP contribution is -2.65. The average molecular weight is 897 g/mol. The summed E-state index contributed by atoms with van der Waals surface area (Å²) in [4.78, 5) is 43.8. The van der Waals surface area contributed by atoms with Crippen LogP contribution < -0.4 is 0 Å². The van der Waals surface area contributed by atoms with Crippen LogP contribution in [0.4, 0.5) is 0 Å². The summed E-state index contributed by atoms with van der Waals surface area (Å²) in [5.41, 5.74) is -0.536. The maximum absolute atomic E-state index is 13.7. The summed E-state index contributed by atoms with van der Waals surface area (Å²) in [6, 6.07) is -0.490. The standard InChI is InChI=1S/C47H80N2O14/c1-15-35-26(3)20-25(2)16-18-36(61-39-19-17-34(48(11)12)29(6)56-39)27(4)21-33(24-50)43(28(5)37(59-32(9)51)22-38(52)60-35)63-46-42(53)41(49(13)14)44(30(7)58-46)62-40-23-47(10,55)45(54)31(8)57-40/h16,18,20,24,26-31,33-37,39-46,53-55H,15,17,19,21-23H2,1-14H3/b18-16+,25-20-/t26-,27+,28+,29+,30+,31-,33+,34-,35+,36?,37+,39-,40-,41+,42+,43-,44+,45-,46-,47+/m0/s1. The maximum atomic E-state index is 13.7. The monoisotopic (exact) mass is 897 g/mol. The molecule has 16 nitrogen and oxygen atoms in total. The zero-order valence-corrected chi connectivity index (χ0v) is 40.2. The van der Waals surface area contributed by atoms with E-state index in [9.17, 15) is 29.7 Å². The second kappa shape index (κ2) is 23.4. The van der Waals surface area contributed by atoms with Gasteiger partial charge in [0, 0.05) is 37.1 Å². The van der Waals surface area contributed by atoms with Gasteiger partial charge in [-0.05, 0) is 94.4 Å². The number of allylic oxidation sites excluding steroid dienone is 2. The lowest BCUT2D eigenvalue weighted by atomic mass is 9.81. The van der Waals surface area contributed by atoms with Gasteiger partial charge in [0.1, 0.15) is 36.8 Å². The van der Waals surface area contributed by atoms with E-state index in [1.807, 2.05) is 60.9 Å². The fourth-order valence-corrected chi connectivity index (χ4v) is 9.88. The highest BCUT2D eigenvalue weighted by Crippen LogP contribution is 2.38. The molecule has 4 aliphatic heterocycles. The first-order valence-electron chi connectivity index (χ1n) is 23.0. The molecule has 3 fully saturated rings. The first-order valence-corrected chi connectivity index (χ1v) is 23.0. The molecule has 362 valence electrons. The number of rotatable bonds is 11. The molecule has 3 saturated heterocycles. The van der Waals surface area contributed by atoms with E-state index in [-0.39, 0.29) is 43.2 Å². The largest absolute Gasteiger partial charge is 0.462 e. The zero-order valence-electron chi connectivity index (χ0n) is 40.2. The molecule has 63 heavy (non-hydrogen) atoms. The van der Waals surface area contributed by atoms with Crippen LogP contribution in [-0.2, 0) is 52.3 Å². The van der Waals surface area contributed by atoms with Crippen molar-refractivity contribution in [2.24, 2.45) is 23.7 Å². The summed E-state index contributed by atoms with van der Waals surface area (Å²) in [6.07, 6.45) is -1.68. The van der Waals surface area contributed by atoms with Crippen molar-refractivity contribution in [2.45, 2.75) is 205 Å². The lowest BCUT2D eigenvalue weighted by Gasteiger charge is -2.50. The Morgan fingerprint density at radius 1 is 0.921 bits per heavy atom. The van der Waals surface area contributed by atoms with Gasteiger partial charge in [0.25, 0.3) is 0 Å². The van der Waals surface area contributed by atoms with E-state index < -0.39 is 109 Å². The van der Waals surface area contributed by atoms with Crippen LogP contribution in [0, 0.1) is 23.7 Å². The van der Waals surface area contributed by atoms with E-state index in [1.165, 1.54) is 13.8 Å². The predicted molar refractivity (Wildman–Crippen MR) is 234 cm³/mol. The van der Waals surface area contributed by atoms with Crippen molar-refractivity contribution >= 4 is 18.2 Å². The Hall–Kier alpha value is -2.35. The Bertz CT molecular complexity index is 1540. The summed E-state index contributed by atoms with van der Waals surface area (Å²) in [5, 5.41) is 33.6. The number of esters is 2. The minimum Gasteiger partial charge on any atom is -0.462 e. The van der Waals surface area contributed by atoms with E-state index in [0.717, 1.165) is 18.3 Å². The van der Waals surface area contributed by atoms with Crippen molar-refractivity contribution in [2.75, 3.05) is 28.2 Å². The molecule has 0 bridgehead atoms. The molecule has 0 amide bonds. The highest BCUT2D eigenvalue weighted by molar-refractivity contribution is 5.72.